The van der Waals surface area contributed by atoms with Crippen LogP contribution in [0.2, 0.25) is 0 Å². The lowest BCUT2D eigenvalue weighted by atomic mass is 10.2. The molecular formula is C9H10F3NO2. The first-order chi connectivity index (χ1) is 7.04. The van der Waals surface area contributed by atoms with E-state index in [1.165, 1.54) is 12.1 Å². The molecule has 0 radical (unpaired) electrons. The molecule has 2 N–H and O–H groups in total. The van der Waals surface area contributed by atoms with Crippen LogP contribution in [-0.2, 0) is 11.0 Å². The third-order valence-corrected chi connectivity index (χ3v) is 1.63. The van der Waals surface area contributed by atoms with Crippen molar-refractivity contribution >= 4 is 0 Å². The molecule has 0 aliphatic carbocycles. The van der Waals surface area contributed by atoms with Gasteiger partial charge in [-0.25, -0.2) is 5.90 Å². The van der Waals surface area contributed by atoms with Crippen molar-refractivity contribution in [2.24, 2.45) is 5.90 Å². The van der Waals surface area contributed by atoms with E-state index in [9.17, 15) is 13.2 Å². The Bertz CT molecular complexity index is 314. The first-order valence-electron chi connectivity index (χ1n) is 4.16. The molecule has 0 bridgehead atoms. The Hall–Kier alpha value is -1.27. The molecule has 0 amide bonds. The van der Waals surface area contributed by atoms with Gasteiger partial charge in [-0.3, -0.25) is 0 Å². The van der Waals surface area contributed by atoms with Crippen molar-refractivity contribution in [2.45, 2.75) is 6.18 Å². The summed E-state index contributed by atoms with van der Waals surface area (Å²) in [5.41, 5.74) is -0.742. The lowest BCUT2D eigenvalue weighted by Crippen LogP contribution is -2.11. The molecule has 0 fully saturated rings. The molecule has 0 heterocycles. The number of halogens is 3. The van der Waals surface area contributed by atoms with E-state index in [2.05, 4.69) is 4.84 Å². The number of benzene rings is 1. The van der Waals surface area contributed by atoms with Crippen LogP contribution in [0.1, 0.15) is 5.56 Å². The van der Waals surface area contributed by atoms with Gasteiger partial charge in [0.1, 0.15) is 19.0 Å². The van der Waals surface area contributed by atoms with Crippen LogP contribution in [0.4, 0.5) is 13.2 Å². The molecule has 0 atom stereocenters. The van der Waals surface area contributed by atoms with E-state index in [4.69, 9.17) is 10.6 Å². The molecule has 3 nitrogen and oxygen atoms in total. The van der Waals surface area contributed by atoms with Crippen molar-refractivity contribution in [1.29, 1.82) is 0 Å². The molecule has 0 unspecified atom stereocenters. The zero-order valence-electron chi connectivity index (χ0n) is 7.75. The average Bonchev–Trinajstić information content (AvgIpc) is 2.17. The van der Waals surface area contributed by atoms with Gasteiger partial charge in [0.15, 0.2) is 0 Å². The molecule has 0 aliphatic heterocycles. The van der Waals surface area contributed by atoms with E-state index in [0.717, 1.165) is 12.1 Å². The second kappa shape index (κ2) is 4.99. The van der Waals surface area contributed by atoms with Crippen LogP contribution in [0.3, 0.4) is 0 Å². The van der Waals surface area contributed by atoms with Gasteiger partial charge in [0.05, 0.1) is 5.56 Å². The molecule has 6 heteroatoms. The predicted molar refractivity (Wildman–Crippen MR) is 47.1 cm³/mol. The topological polar surface area (TPSA) is 44.5 Å². The van der Waals surface area contributed by atoms with Crippen LogP contribution in [0, 0.1) is 0 Å². The van der Waals surface area contributed by atoms with E-state index < -0.39 is 11.7 Å². The lowest BCUT2D eigenvalue weighted by molar-refractivity contribution is -0.137. The number of nitrogens with two attached hydrogens (primary N) is 1. The van der Waals surface area contributed by atoms with Crippen LogP contribution in [-0.4, -0.2) is 13.2 Å². The molecule has 0 aromatic heterocycles. The van der Waals surface area contributed by atoms with E-state index in [1.807, 2.05) is 0 Å². The Morgan fingerprint density at radius 3 is 2.53 bits per heavy atom. The van der Waals surface area contributed by atoms with Crippen LogP contribution >= 0.6 is 0 Å². The molecular weight excluding hydrogens is 211 g/mol. The zero-order chi connectivity index (χ0) is 11.3. The van der Waals surface area contributed by atoms with Crippen molar-refractivity contribution in [1.82, 2.24) is 0 Å². The number of rotatable bonds is 4. The first kappa shape index (κ1) is 11.8. The Labute approximate surface area is 84.5 Å². The highest BCUT2D eigenvalue weighted by Crippen LogP contribution is 2.31. The van der Waals surface area contributed by atoms with Gasteiger partial charge in [-0.05, 0) is 18.2 Å². The summed E-state index contributed by atoms with van der Waals surface area (Å²) in [6.07, 6.45) is -4.36. The van der Waals surface area contributed by atoms with Crippen molar-refractivity contribution in [3.8, 4) is 5.75 Å². The van der Waals surface area contributed by atoms with Crippen molar-refractivity contribution < 1.29 is 22.7 Å². The minimum atomic E-state index is -4.36. The molecule has 0 saturated heterocycles. The lowest BCUT2D eigenvalue weighted by Gasteiger charge is -2.09. The van der Waals surface area contributed by atoms with E-state index in [0.29, 0.717) is 0 Å². The largest absolute Gasteiger partial charge is 0.491 e. The standard InChI is InChI=1S/C9H10F3NO2/c10-9(11,12)7-2-1-3-8(6-7)14-4-5-15-13/h1-3,6H,4-5,13H2. The fraction of sp³-hybridized carbons (Fsp3) is 0.333. The minimum Gasteiger partial charge on any atom is -0.491 e. The van der Waals surface area contributed by atoms with Gasteiger partial charge in [0.25, 0.3) is 0 Å². The summed E-state index contributed by atoms with van der Waals surface area (Å²) in [4.78, 5) is 4.21. The monoisotopic (exact) mass is 221 g/mol. The third-order valence-electron chi connectivity index (χ3n) is 1.63. The fourth-order valence-electron chi connectivity index (χ4n) is 0.970. The van der Waals surface area contributed by atoms with Gasteiger partial charge >= 0.3 is 6.18 Å². The highest BCUT2D eigenvalue weighted by Gasteiger charge is 2.30. The van der Waals surface area contributed by atoms with Gasteiger partial charge in [0.2, 0.25) is 0 Å². The van der Waals surface area contributed by atoms with Crippen LogP contribution in [0.5, 0.6) is 5.75 Å². The maximum Gasteiger partial charge on any atom is 0.416 e. The van der Waals surface area contributed by atoms with Crippen LogP contribution in [0.15, 0.2) is 24.3 Å². The quantitative estimate of drug-likeness (QED) is 0.624. The Kier molecular flexibility index (Phi) is 3.93. The van der Waals surface area contributed by atoms with Crippen molar-refractivity contribution in [3.63, 3.8) is 0 Å². The van der Waals surface area contributed by atoms with Crippen molar-refractivity contribution in [3.05, 3.63) is 29.8 Å². The summed E-state index contributed by atoms with van der Waals surface area (Å²) in [6.45, 7) is 0.230. The predicted octanol–water partition coefficient (Wildman–Crippen LogP) is 1.97. The summed E-state index contributed by atoms with van der Waals surface area (Å²) in [5.74, 6) is 4.87. The SMILES string of the molecule is NOCCOc1cccc(C(F)(F)F)c1. The van der Waals surface area contributed by atoms with Gasteiger partial charge in [0, 0.05) is 0 Å². The zero-order valence-corrected chi connectivity index (χ0v) is 7.75. The van der Waals surface area contributed by atoms with Crippen LogP contribution < -0.4 is 10.6 Å². The highest BCUT2D eigenvalue weighted by atomic mass is 19.4. The summed E-state index contributed by atoms with van der Waals surface area (Å²) in [5, 5.41) is 0. The summed E-state index contributed by atoms with van der Waals surface area (Å²) < 4.78 is 41.7. The Balaban J connectivity index is 2.66. The molecule has 0 saturated carbocycles. The molecule has 15 heavy (non-hydrogen) atoms. The molecule has 84 valence electrons. The Morgan fingerprint density at radius 1 is 1.20 bits per heavy atom. The fourth-order valence-corrected chi connectivity index (χ4v) is 0.970. The smallest absolute Gasteiger partial charge is 0.416 e. The second-order valence-electron chi connectivity index (χ2n) is 2.74. The molecule has 0 aliphatic rings. The van der Waals surface area contributed by atoms with E-state index in [1.54, 1.807) is 0 Å². The maximum absolute atomic E-state index is 12.3. The molecule has 0 spiro atoms. The summed E-state index contributed by atoms with van der Waals surface area (Å²) >= 11 is 0. The third kappa shape index (κ3) is 3.77. The van der Waals surface area contributed by atoms with E-state index in [-0.39, 0.29) is 19.0 Å². The number of hydrogen-bond acceptors (Lipinski definition) is 3. The number of ether oxygens (including phenoxy) is 1. The van der Waals surface area contributed by atoms with Gasteiger partial charge < -0.3 is 9.57 Å². The molecule has 1 aromatic carbocycles. The van der Waals surface area contributed by atoms with Crippen molar-refractivity contribution in [2.75, 3.05) is 13.2 Å². The van der Waals surface area contributed by atoms with Crippen LogP contribution in [0.25, 0.3) is 0 Å². The Morgan fingerprint density at radius 2 is 1.93 bits per heavy atom. The van der Waals surface area contributed by atoms with Gasteiger partial charge in [-0.1, -0.05) is 6.07 Å². The van der Waals surface area contributed by atoms with Gasteiger partial charge in [-0.15, -0.1) is 0 Å². The summed E-state index contributed by atoms with van der Waals surface area (Å²) in [6, 6.07) is 4.62. The van der Waals surface area contributed by atoms with Gasteiger partial charge in [-0.2, -0.15) is 13.2 Å². The average molecular weight is 221 g/mol. The summed E-state index contributed by atoms with van der Waals surface area (Å²) in [7, 11) is 0. The highest BCUT2D eigenvalue weighted by molar-refractivity contribution is 5.30. The molecule has 1 rings (SSSR count). The second-order valence-corrected chi connectivity index (χ2v) is 2.74. The number of alkyl halides is 3. The molecule has 1 aromatic rings. The number of hydrogen-bond donors (Lipinski definition) is 1. The normalized spacial score (nSPS) is 11.5. The first-order valence-corrected chi connectivity index (χ1v) is 4.16. The minimum absolute atomic E-state index is 0.109. The van der Waals surface area contributed by atoms with E-state index >= 15 is 0 Å². The maximum atomic E-state index is 12.3.